The van der Waals surface area contributed by atoms with E-state index in [0.717, 1.165) is 23.3 Å². The van der Waals surface area contributed by atoms with Gasteiger partial charge >= 0.3 is 0 Å². The number of benzene rings is 3. The molecule has 4 aromatic rings. The number of amides is 1. The second-order valence-corrected chi connectivity index (χ2v) is 7.33. The van der Waals surface area contributed by atoms with Crippen molar-refractivity contribution in [1.82, 2.24) is 4.98 Å². The van der Waals surface area contributed by atoms with Crippen LogP contribution in [0.25, 0.3) is 11.3 Å². The van der Waals surface area contributed by atoms with Crippen LogP contribution in [0.5, 0.6) is 0 Å². The monoisotopic (exact) mass is 444 g/mol. The van der Waals surface area contributed by atoms with E-state index in [4.69, 9.17) is 9.68 Å². The van der Waals surface area contributed by atoms with Gasteiger partial charge in [-0.15, -0.1) is 0 Å². The summed E-state index contributed by atoms with van der Waals surface area (Å²) in [6.07, 6.45) is 1.35. The summed E-state index contributed by atoms with van der Waals surface area (Å²) in [5.74, 6) is -1.36. The van der Waals surface area contributed by atoms with Crippen LogP contribution in [0.15, 0.2) is 71.3 Å². The molecule has 1 amide bonds. The maximum absolute atomic E-state index is 13.8. The number of nitriles is 1. The maximum Gasteiger partial charge on any atom is 0.299 e. The fourth-order valence-corrected chi connectivity index (χ4v) is 3.17. The number of anilines is 3. The predicted octanol–water partition coefficient (Wildman–Crippen LogP) is 5.72. The first kappa shape index (κ1) is 21.7. The van der Waals surface area contributed by atoms with Crippen LogP contribution in [0.4, 0.5) is 26.2 Å². The minimum absolute atomic E-state index is 0.106. The first-order chi connectivity index (χ1) is 15.9. The molecule has 164 valence electrons. The molecule has 0 aliphatic rings. The van der Waals surface area contributed by atoms with Gasteiger partial charge in [0.1, 0.15) is 11.6 Å². The summed E-state index contributed by atoms with van der Waals surface area (Å²) in [5.41, 5.74) is 3.47. The quantitative estimate of drug-likeness (QED) is 0.397. The van der Waals surface area contributed by atoms with Crippen molar-refractivity contribution in [3.63, 3.8) is 0 Å². The van der Waals surface area contributed by atoms with Crippen molar-refractivity contribution in [3.8, 4) is 17.4 Å². The van der Waals surface area contributed by atoms with Crippen LogP contribution in [0.1, 0.15) is 16.7 Å². The van der Waals surface area contributed by atoms with Crippen LogP contribution in [-0.4, -0.2) is 10.9 Å². The summed E-state index contributed by atoms with van der Waals surface area (Å²) < 4.78 is 32.6. The second-order valence-electron chi connectivity index (χ2n) is 7.33. The molecule has 3 aromatic carbocycles. The number of halogens is 2. The van der Waals surface area contributed by atoms with Crippen LogP contribution >= 0.6 is 0 Å². The van der Waals surface area contributed by atoms with E-state index < -0.39 is 17.5 Å². The highest BCUT2D eigenvalue weighted by atomic mass is 19.1. The highest BCUT2D eigenvalue weighted by Gasteiger charge is 2.12. The third-order valence-electron chi connectivity index (χ3n) is 4.93. The van der Waals surface area contributed by atoms with Crippen LogP contribution in [0.3, 0.4) is 0 Å². The Morgan fingerprint density at radius 3 is 2.61 bits per heavy atom. The molecule has 0 radical (unpaired) electrons. The number of carbonyl (C=O) groups excluding carboxylic acids is 1. The van der Waals surface area contributed by atoms with Crippen molar-refractivity contribution >= 4 is 23.3 Å². The number of nitrogens with zero attached hydrogens (tertiary/aromatic N) is 2. The van der Waals surface area contributed by atoms with Gasteiger partial charge in [-0.05, 0) is 60.5 Å². The van der Waals surface area contributed by atoms with Gasteiger partial charge < -0.3 is 15.1 Å². The zero-order valence-electron chi connectivity index (χ0n) is 17.5. The van der Waals surface area contributed by atoms with Crippen LogP contribution in [0, 0.1) is 29.9 Å². The van der Waals surface area contributed by atoms with Gasteiger partial charge in [-0.3, -0.25) is 4.79 Å². The molecule has 0 saturated heterocycles. The van der Waals surface area contributed by atoms with E-state index in [1.54, 1.807) is 48.7 Å². The minimum atomic E-state index is -0.765. The van der Waals surface area contributed by atoms with Crippen LogP contribution < -0.4 is 10.6 Å². The average Bonchev–Trinajstić information content (AvgIpc) is 3.26. The fraction of sp³-hybridized carbons (Fsp3) is 0.0800. The highest BCUT2D eigenvalue weighted by molar-refractivity contribution is 5.93. The number of aromatic nitrogens is 1. The van der Waals surface area contributed by atoms with Gasteiger partial charge in [0.2, 0.25) is 5.91 Å². The first-order valence-electron chi connectivity index (χ1n) is 9.99. The number of rotatable bonds is 6. The number of nitrogens with one attached hydrogen (secondary N) is 2. The Morgan fingerprint density at radius 1 is 1.09 bits per heavy atom. The third kappa shape index (κ3) is 5.22. The van der Waals surface area contributed by atoms with Crippen molar-refractivity contribution in [1.29, 1.82) is 5.26 Å². The Labute approximate surface area is 188 Å². The minimum Gasteiger partial charge on any atom is -0.423 e. The molecule has 1 heterocycles. The summed E-state index contributed by atoms with van der Waals surface area (Å²) in [4.78, 5) is 16.6. The smallest absolute Gasteiger partial charge is 0.299 e. The molecule has 0 aliphatic heterocycles. The van der Waals surface area contributed by atoms with E-state index in [1.165, 1.54) is 6.07 Å². The summed E-state index contributed by atoms with van der Waals surface area (Å²) in [5, 5.41) is 14.7. The number of carbonyl (C=O) groups is 1. The van der Waals surface area contributed by atoms with Crippen molar-refractivity contribution in [2.45, 2.75) is 13.3 Å². The largest absolute Gasteiger partial charge is 0.423 e. The van der Waals surface area contributed by atoms with Gasteiger partial charge in [-0.1, -0.05) is 12.1 Å². The Bertz CT molecular complexity index is 1360. The molecule has 33 heavy (non-hydrogen) atoms. The lowest BCUT2D eigenvalue weighted by Crippen LogP contribution is -2.15. The molecular formula is C25H18F2N4O2. The van der Waals surface area contributed by atoms with Crippen LogP contribution in [-0.2, 0) is 11.2 Å². The Kier molecular flexibility index (Phi) is 6.13. The standard InChI is InChI=1S/C25H18F2N4O2/c1-15-2-9-20(30-24(32)10-18-7-8-19(26)11-21(18)27)12-22(15)31-25-29-14-23(33-25)17-5-3-16(13-28)4-6-17/h2-9,11-12,14H,10H2,1H3,(H,29,31)(H,30,32). The van der Waals surface area contributed by atoms with E-state index in [2.05, 4.69) is 21.7 Å². The van der Waals surface area contributed by atoms with E-state index in [0.29, 0.717) is 22.7 Å². The molecule has 0 bridgehead atoms. The molecule has 0 atom stereocenters. The molecule has 0 aliphatic carbocycles. The second kappa shape index (κ2) is 9.32. The summed E-state index contributed by atoms with van der Waals surface area (Å²) in [6, 6.07) is 17.6. The van der Waals surface area contributed by atoms with Gasteiger partial charge in [0.05, 0.1) is 24.3 Å². The van der Waals surface area contributed by atoms with E-state index in [-0.39, 0.29) is 18.0 Å². The van der Waals surface area contributed by atoms with Crippen molar-refractivity contribution in [3.05, 3.63) is 95.2 Å². The fourth-order valence-electron chi connectivity index (χ4n) is 3.17. The third-order valence-corrected chi connectivity index (χ3v) is 4.93. The van der Waals surface area contributed by atoms with Crippen LogP contribution in [0.2, 0.25) is 0 Å². The number of hydrogen-bond acceptors (Lipinski definition) is 5. The molecule has 0 saturated carbocycles. The lowest BCUT2D eigenvalue weighted by Gasteiger charge is -2.11. The van der Waals surface area contributed by atoms with Gasteiger partial charge in [0, 0.05) is 23.0 Å². The zero-order valence-corrected chi connectivity index (χ0v) is 17.5. The molecule has 1 aromatic heterocycles. The normalized spacial score (nSPS) is 10.5. The SMILES string of the molecule is Cc1ccc(NC(=O)Cc2ccc(F)cc2F)cc1Nc1ncc(-c2ccc(C#N)cc2)o1. The Balaban J connectivity index is 1.45. The molecule has 0 unspecified atom stereocenters. The van der Waals surface area contributed by atoms with Crippen molar-refractivity contribution in [2.75, 3.05) is 10.6 Å². The van der Waals surface area contributed by atoms with E-state index in [1.807, 2.05) is 6.92 Å². The van der Waals surface area contributed by atoms with Crippen molar-refractivity contribution in [2.24, 2.45) is 0 Å². The van der Waals surface area contributed by atoms with Gasteiger partial charge in [-0.2, -0.15) is 5.26 Å². The maximum atomic E-state index is 13.8. The zero-order chi connectivity index (χ0) is 23.4. The number of oxazole rings is 1. The topological polar surface area (TPSA) is 91.0 Å². The number of hydrogen-bond donors (Lipinski definition) is 2. The Morgan fingerprint density at radius 2 is 1.88 bits per heavy atom. The molecule has 0 spiro atoms. The van der Waals surface area contributed by atoms with Gasteiger partial charge in [0.15, 0.2) is 5.76 Å². The summed E-state index contributed by atoms with van der Waals surface area (Å²) in [7, 11) is 0. The van der Waals surface area contributed by atoms with Crippen molar-refractivity contribution < 1.29 is 18.0 Å². The lowest BCUT2D eigenvalue weighted by atomic mass is 10.1. The highest BCUT2D eigenvalue weighted by Crippen LogP contribution is 2.27. The Hall–Kier alpha value is -4.51. The molecule has 8 heteroatoms. The molecule has 0 fully saturated rings. The van der Waals surface area contributed by atoms with Gasteiger partial charge in [0.25, 0.3) is 6.01 Å². The molecule has 6 nitrogen and oxygen atoms in total. The summed E-state index contributed by atoms with van der Waals surface area (Å²) in [6.45, 7) is 1.88. The predicted molar refractivity (Wildman–Crippen MR) is 120 cm³/mol. The molecule has 2 N–H and O–H groups in total. The summed E-state index contributed by atoms with van der Waals surface area (Å²) >= 11 is 0. The average molecular weight is 444 g/mol. The molecular weight excluding hydrogens is 426 g/mol. The first-order valence-corrected chi connectivity index (χ1v) is 9.99. The van der Waals surface area contributed by atoms with E-state index in [9.17, 15) is 13.6 Å². The molecule has 4 rings (SSSR count). The number of aryl methyl sites for hydroxylation is 1. The van der Waals surface area contributed by atoms with Gasteiger partial charge in [-0.25, -0.2) is 13.8 Å². The van der Waals surface area contributed by atoms with E-state index >= 15 is 0 Å². The lowest BCUT2D eigenvalue weighted by molar-refractivity contribution is -0.115.